The molecule has 30 heavy (non-hydrogen) atoms. The fourth-order valence-electron chi connectivity index (χ4n) is 4.24. The molecule has 6 heteroatoms. The van der Waals surface area contributed by atoms with Crippen LogP contribution in [0.5, 0.6) is 0 Å². The first kappa shape index (κ1) is 20.4. The van der Waals surface area contributed by atoms with Crippen molar-refractivity contribution in [1.29, 1.82) is 0 Å². The van der Waals surface area contributed by atoms with Crippen LogP contribution in [-0.2, 0) is 19.4 Å². The number of hydrogen-bond acceptors (Lipinski definition) is 5. The van der Waals surface area contributed by atoms with Crippen LogP contribution in [-0.4, -0.2) is 14.2 Å². The smallest absolute Gasteiger partial charge is 0.208 e. The molecule has 4 rings (SSSR count). The fourth-order valence-corrected chi connectivity index (χ4v) is 5.88. The number of rotatable bonds is 3. The van der Waals surface area contributed by atoms with Gasteiger partial charge in [-0.05, 0) is 30.0 Å². The van der Waals surface area contributed by atoms with E-state index in [0.29, 0.717) is 29.7 Å². The Morgan fingerprint density at radius 3 is 2.27 bits per heavy atom. The largest absolute Gasteiger partial charge is 0.444 e. The van der Waals surface area contributed by atoms with Gasteiger partial charge in [-0.25, -0.2) is 8.42 Å². The van der Waals surface area contributed by atoms with Gasteiger partial charge in [-0.3, -0.25) is 4.79 Å². The topological polar surface area (TPSA) is 86.5 Å². The van der Waals surface area contributed by atoms with Crippen molar-refractivity contribution in [3.63, 3.8) is 0 Å². The first-order chi connectivity index (χ1) is 14.1. The zero-order valence-electron chi connectivity index (χ0n) is 17.3. The molecule has 0 bridgehead atoms. The van der Waals surface area contributed by atoms with Crippen molar-refractivity contribution in [3.05, 3.63) is 87.8 Å². The van der Waals surface area contributed by atoms with Gasteiger partial charge in [-0.15, -0.1) is 0 Å². The van der Waals surface area contributed by atoms with Gasteiger partial charge in [0.25, 0.3) is 0 Å². The van der Waals surface area contributed by atoms with Crippen LogP contribution in [0.2, 0.25) is 0 Å². The quantitative estimate of drug-likeness (QED) is 0.793. The molecule has 0 saturated carbocycles. The predicted molar refractivity (Wildman–Crippen MR) is 115 cm³/mol. The lowest BCUT2D eigenvalue weighted by molar-refractivity contribution is -0.119. The van der Waals surface area contributed by atoms with Crippen LogP contribution in [0, 0.1) is 12.3 Å². The summed E-state index contributed by atoms with van der Waals surface area (Å²) in [5.74, 6) is -0.566. The number of nitrogens with two attached hydrogens (primary N) is 1. The summed E-state index contributed by atoms with van der Waals surface area (Å²) in [4.78, 5) is 13.3. The number of allylic oxidation sites excluding steroid dienone is 3. The van der Waals surface area contributed by atoms with Gasteiger partial charge in [0.15, 0.2) is 5.78 Å². The highest BCUT2D eigenvalue weighted by Crippen LogP contribution is 2.50. The van der Waals surface area contributed by atoms with E-state index in [1.54, 1.807) is 18.2 Å². The molecule has 5 nitrogen and oxygen atoms in total. The zero-order valence-corrected chi connectivity index (χ0v) is 18.1. The van der Waals surface area contributed by atoms with Crippen LogP contribution in [0.15, 0.2) is 81.6 Å². The van der Waals surface area contributed by atoms with Crippen molar-refractivity contribution in [2.45, 2.75) is 44.4 Å². The molecule has 2 aromatic rings. The first-order valence-electron chi connectivity index (χ1n) is 9.90. The van der Waals surface area contributed by atoms with E-state index in [1.807, 2.05) is 45.0 Å². The standard InChI is InChI=1S/C24H25NO4S/c1-15-9-11-16(12-10-15)20-21-18(26)13-24(2,3)14-19(21)29-23(25)22(20)30(27,28)17-7-5-4-6-8-17/h4-12,20H,13-14,25H2,1-3H3/t20-/m0/s1. The molecular weight excluding hydrogens is 398 g/mol. The summed E-state index contributed by atoms with van der Waals surface area (Å²) in [5, 5.41) is 0. The van der Waals surface area contributed by atoms with E-state index in [-0.39, 0.29) is 26.9 Å². The average molecular weight is 424 g/mol. The molecule has 0 fully saturated rings. The van der Waals surface area contributed by atoms with Crippen LogP contribution in [0.25, 0.3) is 0 Å². The Kier molecular flexibility index (Phi) is 4.85. The van der Waals surface area contributed by atoms with E-state index in [4.69, 9.17) is 10.5 Å². The number of ether oxygens (including phenoxy) is 1. The minimum Gasteiger partial charge on any atom is -0.444 e. The molecule has 2 aromatic carbocycles. The highest BCUT2D eigenvalue weighted by molar-refractivity contribution is 7.95. The van der Waals surface area contributed by atoms with Crippen molar-refractivity contribution in [3.8, 4) is 0 Å². The SMILES string of the molecule is Cc1ccc([C@H]2C3=C(CC(C)(C)CC3=O)OC(N)=C2S(=O)(=O)c2ccccc2)cc1. The van der Waals surface area contributed by atoms with Gasteiger partial charge in [-0.1, -0.05) is 61.9 Å². The number of sulfone groups is 1. The highest BCUT2D eigenvalue weighted by Gasteiger charge is 2.46. The summed E-state index contributed by atoms with van der Waals surface area (Å²) >= 11 is 0. The van der Waals surface area contributed by atoms with Gasteiger partial charge in [0, 0.05) is 18.4 Å². The minimum absolute atomic E-state index is 0.0654. The Labute approximate surface area is 177 Å². The molecule has 2 aliphatic rings. The molecule has 1 aliphatic carbocycles. The lowest BCUT2D eigenvalue weighted by Crippen LogP contribution is -2.35. The van der Waals surface area contributed by atoms with Crippen LogP contribution in [0.4, 0.5) is 0 Å². The summed E-state index contributed by atoms with van der Waals surface area (Å²) in [6.07, 6.45) is 0.853. The average Bonchev–Trinajstić information content (AvgIpc) is 2.67. The molecule has 1 aliphatic heterocycles. The van der Waals surface area contributed by atoms with Crippen LogP contribution >= 0.6 is 0 Å². The predicted octanol–water partition coefficient (Wildman–Crippen LogP) is 4.35. The van der Waals surface area contributed by atoms with Crippen LogP contribution in [0.1, 0.15) is 43.7 Å². The lowest BCUT2D eigenvalue weighted by Gasteiger charge is -2.38. The Morgan fingerprint density at radius 1 is 1.00 bits per heavy atom. The second-order valence-electron chi connectivity index (χ2n) is 8.77. The molecule has 2 N–H and O–H groups in total. The maximum absolute atomic E-state index is 13.6. The van der Waals surface area contributed by atoms with Gasteiger partial charge in [0.2, 0.25) is 15.7 Å². The lowest BCUT2D eigenvalue weighted by atomic mass is 9.72. The first-order valence-corrected chi connectivity index (χ1v) is 11.4. The number of carbonyl (C=O) groups excluding carboxylic acids is 1. The monoisotopic (exact) mass is 423 g/mol. The molecule has 0 saturated heterocycles. The Morgan fingerprint density at radius 2 is 1.63 bits per heavy atom. The van der Waals surface area contributed by atoms with E-state index in [1.165, 1.54) is 12.1 Å². The van der Waals surface area contributed by atoms with Crippen molar-refractivity contribution in [2.75, 3.05) is 0 Å². The van der Waals surface area contributed by atoms with E-state index < -0.39 is 15.8 Å². The summed E-state index contributed by atoms with van der Waals surface area (Å²) in [6.45, 7) is 5.95. The molecule has 0 spiro atoms. The van der Waals surface area contributed by atoms with Crippen molar-refractivity contribution in [1.82, 2.24) is 0 Å². The molecule has 156 valence electrons. The normalized spacial score (nSPS) is 21.3. The third-order valence-electron chi connectivity index (χ3n) is 5.66. The van der Waals surface area contributed by atoms with Crippen LogP contribution < -0.4 is 5.73 Å². The molecule has 0 radical (unpaired) electrons. The zero-order chi connectivity index (χ0) is 21.7. The molecule has 1 heterocycles. The van der Waals surface area contributed by atoms with E-state index >= 15 is 0 Å². The fraction of sp³-hybridized carbons (Fsp3) is 0.292. The third kappa shape index (κ3) is 3.45. The number of Topliss-reactive ketones (excluding diaryl/α,β-unsaturated/α-hetero) is 1. The highest BCUT2D eigenvalue weighted by atomic mass is 32.2. The number of benzene rings is 2. The van der Waals surface area contributed by atoms with Crippen molar-refractivity contribution >= 4 is 15.6 Å². The number of aryl methyl sites for hydroxylation is 1. The molecule has 0 aromatic heterocycles. The third-order valence-corrected chi connectivity index (χ3v) is 7.57. The van der Waals surface area contributed by atoms with Gasteiger partial charge in [0.05, 0.1) is 10.8 Å². The number of carbonyl (C=O) groups is 1. The number of hydrogen-bond donors (Lipinski definition) is 1. The second-order valence-corrected chi connectivity index (χ2v) is 10.7. The van der Waals surface area contributed by atoms with Gasteiger partial charge in [0.1, 0.15) is 10.7 Å². The van der Waals surface area contributed by atoms with Crippen molar-refractivity contribution < 1.29 is 17.9 Å². The maximum Gasteiger partial charge on any atom is 0.208 e. The summed E-state index contributed by atoms with van der Waals surface area (Å²) in [5.41, 5.74) is 8.12. The van der Waals surface area contributed by atoms with E-state index in [9.17, 15) is 13.2 Å². The Hall–Kier alpha value is -2.86. The van der Waals surface area contributed by atoms with Crippen molar-refractivity contribution in [2.24, 2.45) is 11.1 Å². The summed E-state index contributed by atoms with van der Waals surface area (Å²) in [7, 11) is -3.98. The molecule has 0 unspecified atom stereocenters. The minimum atomic E-state index is -3.98. The van der Waals surface area contributed by atoms with Gasteiger partial charge in [-0.2, -0.15) is 0 Å². The summed E-state index contributed by atoms with van der Waals surface area (Å²) in [6, 6.07) is 15.7. The Bertz CT molecular complexity index is 1170. The molecule has 1 atom stereocenters. The van der Waals surface area contributed by atoms with Gasteiger partial charge >= 0.3 is 0 Å². The van der Waals surface area contributed by atoms with Crippen LogP contribution in [0.3, 0.4) is 0 Å². The molecule has 0 amide bonds. The maximum atomic E-state index is 13.6. The van der Waals surface area contributed by atoms with Gasteiger partial charge < -0.3 is 10.5 Å². The van der Waals surface area contributed by atoms with E-state index in [0.717, 1.165) is 5.56 Å². The summed E-state index contributed by atoms with van der Waals surface area (Å²) < 4.78 is 33.0. The Balaban J connectivity index is 1.96. The number of ketones is 1. The second kappa shape index (κ2) is 7.13. The molecular formula is C24H25NO4S. The van der Waals surface area contributed by atoms with E-state index in [2.05, 4.69) is 0 Å².